The molecule has 7 saturated carbocycles. The molecule has 4 nitrogen and oxygen atoms in total. The van der Waals surface area contributed by atoms with Crippen LogP contribution in [0.25, 0.3) is 0 Å². The Balaban J connectivity index is 1.07. The number of carbonyl (C=O) groups excluding carboxylic acids is 2. The maximum Gasteiger partial charge on any atom is 0.309 e. The molecule has 1 saturated heterocycles. The highest BCUT2D eigenvalue weighted by Crippen LogP contribution is 2.67. The zero-order chi connectivity index (χ0) is 25.0. The van der Waals surface area contributed by atoms with Gasteiger partial charge in [-0.2, -0.15) is 0 Å². The van der Waals surface area contributed by atoms with Crippen molar-refractivity contribution in [3.05, 3.63) is 0 Å². The van der Waals surface area contributed by atoms with E-state index in [-0.39, 0.29) is 28.3 Å². The van der Waals surface area contributed by atoms with Crippen molar-refractivity contribution in [1.82, 2.24) is 4.90 Å². The van der Waals surface area contributed by atoms with Gasteiger partial charge in [-0.25, -0.2) is 0 Å². The van der Waals surface area contributed by atoms with E-state index in [1.165, 1.54) is 57.8 Å². The van der Waals surface area contributed by atoms with Crippen molar-refractivity contribution in [2.75, 3.05) is 7.05 Å². The first-order valence-electron chi connectivity index (χ1n) is 15.6. The largest absolute Gasteiger partial charge is 0.459 e. The fraction of sp³-hybridized carbons (Fsp3) is 0.938. The monoisotopic (exact) mass is 495 g/mol. The molecule has 36 heavy (non-hydrogen) atoms. The molecular weight excluding hydrogens is 446 g/mol. The number of likely N-dealkylation sites (tertiary alicyclic amines) is 1. The summed E-state index contributed by atoms with van der Waals surface area (Å²) in [6.45, 7) is 7.27. The third-order valence-corrected chi connectivity index (χ3v) is 13.9. The molecular formula is C32H49NO3. The van der Waals surface area contributed by atoms with Crippen LogP contribution in [0.3, 0.4) is 0 Å². The lowest BCUT2D eigenvalue weighted by atomic mass is 9.46. The first-order valence-corrected chi connectivity index (χ1v) is 15.6. The summed E-state index contributed by atoms with van der Waals surface area (Å²) < 4.78 is 6.59. The van der Waals surface area contributed by atoms with Gasteiger partial charge in [0.2, 0.25) is 5.91 Å². The van der Waals surface area contributed by atoms with E-state index < -0.39 is 0 Å². The average Bonchev–Trinajstić information content (AvgIpc) is 3.17. The number of rotatable bonds is 3. The lowest BCUT2D eigenvalue weighted by Crippen LogP contribution is -2.61. The van der Waals surface area contributed by atoms with Crippen LogP contribution in [0, 0.1) is 58.2 Å². The van der Waals surface area contributed by atoms with Gasteiger partial charge in [-0.1, -0.05) is 20.8 Å². The minimum Gasteiger partial charge on any atom is -0.459 e. The minimum absolute atomic E-state index is 0.0231. The number of amides is 1. The Hall–Kier alpha value is -1.06. The van der Waals surface area contributed by atoms with Crippen LogP contribution in [0.5, 0.6) is 0 Å². The second-order valence-electron chi connectivity index (χ2n) is 15.5. The van der Waals surface area contributed by atoms with E-state index in [0.29, 0.717) is 17.9 Å². The Labute approximate surface area is 218 Å². The van der Waals surface area contributed by atoms with Crippen molar-refractivity contribution in [2.24, 2.45) is 58.2 Å². The van der Waals surface area contributed by atoms with Crippen molar-refractivity contribution in [3.63, 3.8) is 0 Å². The fourth-order valence-corrected chi connectivity index (χ4v) is 12.6. The normalized spacial score (nSPS) is 54.0. The molecule has 0 radical (unpaired) electrons. The quantitative estimate of drug-likeness (QED) is 0.414. The summed E-state index contributed by atoms with van der Waals surface area (Å²) in [5.41, 5.74) is 0.419. The van der Waals surface area contributed by atoms with Crippen molar-refractivity contribution in [2.45, 2.75) is 122 Å². The van der Waals surface area contributed by atoms with Gasteiger partial charge in [0.15, 0.2) is 0 Å². The Kier molecular flexibility index (Phi) is 5.32. The first-order chi connectivity index (χ1) is 17.1. The van der Waals surface area contributed by atoms with E-state index in [4.69, 9.17) is 4.74 Å². The third-order valence-electron chi connectivity index (χ3n) is 13.9. The number of piperidine rings is 1. The molecule has 4 heteroatoms. The Morgan fingerprint density at radius 2 is 1.53 bits per heavy atom. The van der Waals surface area contributed by atoms with E-state index in [1.54, 1.807) is 0 Å². The number of fused-ring (bicyclic) bond motifs is 5. The van der Waals surface area contributed by atoms with Gasteiger partial charge >= 0.3 is 5.97 Å². The molecule has 1 heterocycles. The predicted molar refractivity (Wildman–Crippen MR) is 140 cm³/mol. The van der Waals surface area contributed by atoms with Gasteiger partial charge in [0, 0.05) is 19.5 Å². The fourth-order valence-electron chi connectivity index (χ4n) is 12.6. The van der Waals surface area contributed by atoms with Gasteiger partial charge in [0.05, 0.1) is 5.92 Å². The van der Waals surface area contributed by atoms with Gasteiger partial charge in [-0.3, -0.25) is 9.59 Å². The van der Waals surface area contributed by atoms with Crippen LogP contribution >= 0.6 is 0 Å². The number of hydrogen-bond donors (Lipinski definition) is 0. The zero-order valence-corrected chi connectivity index (χ0v) is 23.3. The second kappa shape index (κ2) is 7.98. The van der Waals surface area contributed by atoms with E-state index in [2.05, 4.69) is 32.7 Å². The predicted octanol–water partition coefficient (Wildman–Crippen LogP) is 6.61. The van der Waals surface area contributed by atoms with Crippen LogP contribution in [0.2, 0.25) is 0 Å². The van der Waals surface area contributed by atoms with Crippen LogP contribution in [0.15, 0.2) is 0 Å². The third kappa shape index (κ3) is 3.30. The number of esters is 1. The van der Waals surface area contributed by atoms with E-state index in [0.717, 1.165) is 67.6 Å². The van der Waals surface area contributed by atoms with Crippen LogP contribution in [-0.2, 0) is 14.3 Å². The van der Waals surface area contributed by atoms with E-state index >= 15 is 0 Å². The number of ether oxygens (including phenoxy) is 1. The summed E-state index contributed by atoms with van der Waals surface area (Å²) in [6.07, 6.45) is 16.8. The van der Waals surface area contributed by atoms with Gasteiger partial charge < -0.3 is 9.64 Å². The van der Waals surface area contributed by atoms with Crippen molar-refractivity contribution in [1.29, 1.82) is 0 Å². The van der Waals surface area contributed by atoms with E-state index in [9.17, 15) is 9.59 Å². The highest BCUT2D eigenvalue weighted by molar-refractivity contribution is 5.77. The van der Waals surface area contributed by atoms with Crippen molar-refractivity contribution in [3.8, 4) is 0 Å². The highest BCUT2D eigenvalue weighted by Gasteiger charge is 2.62. The Bertz CT molecular complexity index is 908. The van der Waals surface area contributed by atoms with Crippen molar-refractivity contribution >= 4 is 11.9 Å². The molecule has 8 aliphatic rings. The van der Waals surface area contributed by atoms with E-state index in [1.807, 2.05) is 0 Å². The molecule has 0 spiro atoms. The summed E-state index contributed by atoms with van der Waals surface area (Å²) in [4.78, 5) is 28.3. The molecule has 8 rings (SSSR count). The average molecular weight is 496 g/mol. The molecule has 8 fully saturated rings. The topological polar surface area (TPSA) is 46.6 Å². The lowest BCUT2D eigenvalue weighted by molar-refractivity contribution is -0.194. The molecule has 4 bridgehead atoms. The van der Waals surface area contributed by atoms with Crippen LogP contribution in [0.4, 0.5) is 0 Å². The molecule has 0 aromatic rings. The van der Waals surface area contributed by atoms with Crippen LogP contribution in [0.1, 0.15) is 111 Å². The molecule has 200 valence electrons. The van der Waals surface area contributed by atoms with Crippen LogP contribution < -0.4 is 0 Å². The second-order valence-corrected chi connectivity index (χ2v) is 15.5. The van der Waals surface area contributed by atoms with Gasteiger partial charge in [0.1, 0.15) is 5.60 Å². The Morgan fingerprint density at radius 3 is 2.19 bits per heavy atom. The minimum atomic E-state index is -0.117. The van der Waals surface area contributed by atoms with Gasteiger partial charge in [-0.05, 0) is 136 Å². The number of carbonyl (C=O) groups is 2. The summed E-state index contributed by atoms with van der Waals surface area (Å²) >= 11 is 0. The molecule has 0 N–H and O–H groups in total. The standard InChI is InChI=1S/C32H49NO3/c1-19(29(35)36-32-16-20-13-21(17-32)15-22(14-20)18-32)24-6-7-25-23-5-8-27-31(3,12-10-28(34)33(27)4)26(23)9-11-30(24,25)2/h19-27H,5-18H2,1-4H3/t19-,20?,21?,22?,23-,24+,25-,26-,27+,30+,31+,32?/m0/s1. The number of nitrogens with zero attached hydrogens (tertiary/aromatic N) is 1. The van der Waals surface area contributed by atoms with Gasteiger partial charge in [-0.15, -0.1) is 0 Å². The summed E-state index contributed by atoms with van der Waals surface area (Å²) in [7, 11) is 2.06. The molecule has 0 aromatic carbocycles. The summed E-state index contributed by atoms with van der Waals surface area (Å²) in [5.74, 6) is 5.65. The smallest absolute Gasteiger partial charge is 0.309 e. The maximum atomic E-state index is 13.8. The van der Waals surface area contributed by atoms with Crippen LogP contribution in [-0.4, -0.2) is 35.5 Å². The summed E-state index contributed by atoms with van der Waals surface area (Å²) in [5, 5.41) is 0. The molecule has 0 unspecified atom stereocenters. The molecule has 0 aromatic heterocycles. The first kappa shape index (κ1) is 24.0. The molecule has 7 aliphatic carbocycles. The maximum absolute atomic E-state index is 13.8. The SMILES string of the molecule is C[C@H](C(=O)OC12CC3CC(CC(C3)C1)C2)[C@H]1CC[C@H]2[C@@H]3CC[C@H]4N(C)C(=O)CC[C@]4(C)[C@H]3CC[C@]12C. The lowest BCUT2D eigenvalue weighted by Gasteiger charge is -2.62. The molecule has 1 amide bonds. The highest BCUT2D eigenvalue weighted by atomic mass is 16.6. The number of hydrogen-bond acceptors (Lipinski definition) is 3. The Morgan fingerprint density at radius 1 is 0.889 bits per heavy atom. The zero-order valence-electron chi connectivity index (χ0n) is 23.3. The van der Waals surface area contributed by atoms with Crippen molar-refractivity contribution < 1.29 is 14.3 Å². The van der Waals surface area contributed by atoms with Gasteiger partial charge in [0.25, 0.3) is 0 Å². The molecule has 1 aliphatic heterocycles. The molecule has 8 atom stereocenters. The summed E-state index contributed by atoms with van der Waals surface area (Å²) in [6, 6.07) is 0.427.